The summed E-state index contributed by atoms with van der Waals surface area (Å²) in [5, 5.41) is 0.162. The zero-order valence-corrected chi connectivity index (χ0v) is 13.2. The van der Waals surface area contributed by atoms with Gasteiger partial charge in [0.1, 0.15) is 4.90 Å². The van der Waals surface area contributed by atoms with Crippen molar-refractivity contribution in [3.8, 4) is 0 Å². The number of benzene rings is 1. The van der Waals surface area contributed by atoms with Crippen molar-refractivity contribution in [3.63, 3.8) is 0 Å². The number of hydrogen-bond acceptors (Lipinski definition) is 3. The smallest absolute Gasteiger partial charge is 0.242 e. The van der Waals surface area contributed by atoms with E-state index in [9.17, 15) is 8.42 Å². The summed E-state index contributed by atoms with van der Waals surface area (Å²) in [5.41, 5.74) is 6.03. The number of rotatable bonds is 4. The van der Waals surface area contributed by atoms with Crippen molar-refractivity contribution in [1.29, 1.82) is 0 Å². The second-order valence-corrected chi connectivity index (χ2v) is 7.82. The highest BCUT2D eigenvalue weighted by molar-refractivity contribution is 7.89. The van der Waals surface area contributed by atoms with Crippen molar-refractivity contribution >= 4 is 27.3 Å². The zero-order chi connectivity index (χ0) is 14.8. The first-order valence-electron chi connectivity index (χ1n) is 6.93. The lowest BCUT2D eigenvalue weighted by Gasteiger charge is -2.26. The van der Waals surface area contributed by atoms with Crippen LogP contribution in [0.1, 0.15) is 32.6 Å². The van der Waals surface area contributed by atoms with Crippen LogP contribution in [0.4, 0.5) is 5.69 Å². The van der Waals surface area contributed by atoms with Crippen molar-refractivity contribution in [2.75, 3.05) is 12.3 Å². The molecule has 1 aliphatic rings. The highest BCUT2D eigenvalue weighted by atomic mass is 35.5. The number of anilines is 1. The fraction of sp³-hybridized carbons (Fsp3) is 0.571. The van der Waals surface area contributed by atoms with Gasteiger partial charge < -0.3 is 5.73 Å². The van der Waals surface area contributed by atoms with E-state index < -0.39 is 10.0 Å². The first-order valence-corrected chi connectivity index (χ1v) is 8.79. The van der Waals surface area contributed by atoms with Crippen LogP contribution in [0.15, 0.2) is 23.1 Å². The number of sulfonamides is 1. The molecule has 0 spiro atoms. The lowest BCUT2D eigenvalue weighted by atomic mass is 9.83. The van der Waals surface area contributed by atoms with E-state index in [4.69, 9.17) is 17.3 Å². The summed E-state index contributed by atoms with van der Waals surface area (Å²) in [7, 11) is -3.56. The topological polar surface area (TPSA) is 72.2 Å². The second kappa shape index (κ2) is 6.33. The molecule has 20 heavy (non-hydrogen) atoms. The van der Waals surface area contributed by atoms with Crippen LogP contribution in [0.2, 0.25) is 5.02 Å². The third kappa shape index (κ3) is 3.87. The summed E-state index contributed by atoms with van der Waals surface area (Å²) in [5.74, 6) is 1.10. The minimum Gasteiger partial charge on any atom is -0.399 e. The Morgan fingerprint density at radius 1 is 1.40 bits per heavy atom. The fourth-order valence-corrected chi connectivity index (χ4v) is 4.45. The van der Waals surface area contributed by atoms with Gasteiger partial charge in [0.25, 0.3) is 0 Å². The predicted molar refractivity (Wildman–Crippen MR) is 82.2 cm³/mol. The third-order valence-corrected chi connectivity index (χ3v) is 5.76. The van der Waals surface area contributed by atoms with Crippen molar-refractivity contribution in [2.45, 2.75) is 37.5 Å². The molecule has 1 saturated carbocycles. The molecule has 0 bridgehead atoms. The van der Waals surface area contributed by atoms with Gasteiger partial charge in [0.05, 0.1) is 5.02 Å². The Morgan fingerprint density at radius 3 is 2.80 bits per heavy atom. The molecule has 1 aromatic rings. The van der Waals surface area contributed by atoms with Crippen LogP contribution in [0.25, 0.3) is 0 Å². The van der Waals surface area contributed by atoms with E-state index in [1.165, 1.54) is 25.0 Å². The van der Waals surface area contributed by atoms with Gasteiger partial charge in [-0.15, -0.1) is 0 Å². The fourth-order valence-electron chi connectivity index (χ4n) is 2.79. The highest BCUT2D eigenvalue weighted by Gasteiger charge is 2.23. The van der Waals surface area contributed by atoms with Crippen LogP contribution >= 0.6 is 11.6 Å². The molecule has 0 saturated heterocycles. The zero-order valence-electron chi connectivity index (χ0n) is 11.6. The van der Waals surface area contributed by atoms with E-state index in [1.54, 1.807) is 6.07 Å². The van der Waals surface area contributed by atoms with Crippen molar-refractivity contribution in [1.82, 2.24) is 4.72 Å². The van der Waals surface area contributed by atoms with Gasteiger partial charge in [0.15, 0.2) is 0 Å². The molecule has 6 heteroatoms. The molecule has 4 nitrogen and oxygen atoms in total. The Hall–Kier alpha value is -0.780. The molecular weight excluding hydrogens is 296 g/mol. The largest absolute Gasteiger partial charge is 0.399 e. The Bertz CT molecular complexity index is 575. The molecule has 1 aliphatic carbocycles. The number of nitrogens with two attached hydrogens (primary N) is 1. The van der Waals surface area contributed by atoms with E-state index in [2.05, 4.69) is 11.6 Å². The molecule has 2 unspecified atom stereocenters. The predicted octanol–water partition coefficient (Wildman–Crippen LogP) is 3.03. The van der Waals surface area contributed by atoms with Crippen LogP contribution < -0.4 is 10.5 Å². The molecule has 1 aromatic carbocycles. The second-order valence-electron chi connectivity index (χ2n) is 5.68. The maximum atomic E-state index is 12.3. The SMILES string of the molecule is CC1CCCC(CNS(=O)(=O)c2ccc(N)cc2Cl)C1. The molecule has 3 N–H and O–H groups in total. The molecule has 112 valence electrons. The minimum atomic E-state index is -3.56. The summed E-state index contributed by atoms with van der Waals surface area (Å²) < 4.78 is 27.2. The van der Waals surface area contributed by atoms with Gasteiger partial charge in [0.2, 0.25) is 10.0 Å². The lowest BCUT2D eigenvalue weighted by molar-refractivity contribution is 0.283. The molecule has 0 amide bonds. The van der Waals surface area contributed by atoms with Crippen LogP contribution in [-0.2, 0) is 10.0 Å². The summed E-state index contributed by atoms with van der Waals surface area (Å²) in [6.45, 7) is 2.70. The van der Waals surface area contributed by atoms with Crippen molar-refractivity contribution in [3.05, 3.63) is 23.2 Å². The first kappa shape index (κ1) is 15.6. The molecule has 0 aliphatic heterocycles. The quantitative estimate of drug-likeness (QED) is 0.839. The number of halogens is 1. The monoisotopic (exact) mass is 316 g/mol. The summed E-state index contributed by atoms with van der Waals surface area (Å²) in [6.07, 6.45) is 4.59. The van der Waals surface area contributed by atoms with E-state index in [-0.39, 0.29) is 9.92 Å². The van der Waals surface area contributed by atoms with Gasteiger partial charge in [-0.3, -0.25) is 0 Å². The van der Waals surface area contributed by atoms with Gasteiger partial charge in [0, 0.05) is 12.2 Å². The Labute approximate surface area is 125 Å². The van der Waals surface area contributed by atoms with Crippen molar-refractivity contribution < 1.29 is 8.42 Å². The molecule has 0 aromatic heterocycles. The Morgan fingerprint density at radius 2 is 2.15 bits per heavy atom. The molecule has 2 atom stereocenters. The van der Waals surface area contributed by atoms with Gasteiger partial charge in [-0.25, -0.2) is 13.1 Å². The van der Waals surface area contributed by atoms with Gasteiger partial charge >= 0.3 is 0 Å². The Kier molecular flexibility index (Phi) is 4.94. The lowest BCUT2D eigenvalue weighted by Crippen LogP contribution is -2.31. The van der Waals surface area contributed by atoms with E-state index in [0.717, 1.165) is 12.8 Å². The normalized spacial score (nSPS) is 23.7. The third-order valence-electron chi connectivity index (χ3n) is 3.85. The van der Waals surface area contributed by atoms with Crippen LogP contribution in [0, 0.1) is 11.8 Å². The van der Waals surface area contributed by atoms with Gasteiger partial charge in [-0.1, -0.05) is 31.4 Å². The maximum Gasteiger partial charge on any atom is 0.242 e. The minimum absolute atomic E-state index is 0.0947. The average molecular weight is 317 g/mol. The van der Waals surface area contributed by atoms with E-state index in [1.807, 2.05) is 0 Å². The van der Waals surface area contributed by atoms with Gasteiger partial charge in [-0.2, -0.15) is 0 Å². The summed E-state index contributed by atoms with van der Waals surface area (Å²) in [6, 6.07) is 4.45. The summed E-state index contributed by atoms with van der Waals surface area (Å²) >= 11 is 5.96. The standard InChI is InChI=1S/C14H21ClN2O2S/c1-10-3-2-4-11(7-10)9-17-20(18,19)14-6-5-12(16)8-13(14)15/h5-6,8,10-11,17H,2-4,7,9,16H2,1H3. The molecule has 0 heterocycles. The van der Waals surface area contributed by atoms with Crippen LogP contribution in [-0.4, -0.2) is 15.0 Å². The maximum absolute atomic E-state index is 12.3. The van der Waals surface area contributed by atoms with Crippen molar-refractivity contribution in [2.24, 2.45) is 11.8 Å². The van der Waals surface area contributed by atoms with Gasteiger partial charge in [-0.05, 0) is 42.9 Å². The molecular formula is C14H21ClN2O2S. The number of nitrogens with one attached hydrogen (secondary N) is 1. The highest BCUT2D eigenvalue weighted by Crippen LogP contribution is 2.29. The molecule has 1 fully saturated rings. The van der Waals surface area contributed by atoms with Crippen LogP contribution in [0.3, 0.4) is 0 Å². The van der Waals surface area contributed by atoms with Crippen LogP contribution in [0.5, 0.6) is 0 Å². The average Bonchev–Trinajstić information content (AvgIpc) is 2.36. The van der Waals surface area contributed by atoms with E-state index >= 15 is 0 Å². The summed E-state index contributed by atoms with van der Waals surface area (Å²) in [4.78, 5) is 0.0947. The Balaban J connectivity index is 2.03. The molecule has 2 rings (SSSR count). The van der Waals surface area contributed by atoms with E-state index in [0.29, 0.717) is 24.1 Å². The molecule has 0 radical (unpaired) electrons. The number of hydrogen-bond donors (Lipinski definition) is 2. The first-order chi connectivity index (χ1) is 9.38. The number of nitrogen functional groups attached to an aromatic ring is 1.